The number of thioether (sulfide) groups is 1. The van der Waals surface area contributed by atoms with Crippen LogP contribution in [0, 0.1) is 0 Å². The Hall–Kier alpha value is -8.42. The van der Waals surface area contributed by atoms with Gasteiger partial charge in [-0.15, -0.1) is 0 Å². The number of carboxylic acids is 1. The van der Waals surface area contributed by atoms with Crippen LogP contribution >= 0.6 is 11.8 Å². The first kappa shape index (κ1) is 69.8. The minimum absolute atomic E-state index is 0.000864. The molecule has 0 spiro atoms. The highest BCUT2D eigenvalue weighted by atomic mass is 32.2. The van der Waals surface area contributed by atoms with E-state index in [4.69, 9.17) is 17.2 Å². The number of phenols is 1. The highest BCUT2D eigenvalue weighted by Gasteiger charge is 2.37. The molecular formula is C54H77N13O16S. The molecule has 0 aliphatic rings. The van der Waals surface area contributed by atoms with Gasteiger partial charge in [-0.1, -0.05) is 72.8 Å². The number of hydrogen-bond donors (Lipinski definition) is 18. The molecule has 0 bridgehead atoms. The Kier molecular flexibility index (Phi) is 30.1. The topological polar surface area (TPSA) is 491 Å². The number of rotatable bonds is 36. The lowest BCUT2D eigenvalue weighted by molar-refractivity contribution is -0.143. The van der Waals surface area contributed by atoms with E-state index in [-0.39, 0.29) is 62.5 Å². The van der Waals surface area contributed by atoms with Gasteiger partial charge in [-0.25, -0.2) is 4.79 Å². The van der Waals surface area contributed by atoms with E-state index in [1.54, 1.807) is 66.9 Å². The molecule has 0 radical (unpaired) electrons. The average Bonchev–Trinajstić information content (AvgIpc) is 3.68. The number of nitrogens with two attached hydrogens (primary N) is 3. The van der Waals surface area contributed by atoms with Crippen LogP contribution in [0.4, 0.5) is 0 Å². The van der Waals surface area contributed by atoms with E-state index in [2.05, 4.69) is 52.8 Å². The number of aliphatic hydroxyl groups is 4. The van der Waals surface area contributed by atoms with Crippen LogP contribution in [0.5, 0.6) is 5.75 Å². The first-order valence-corrected chi connectivity index (χ1v) is 27.9. The van der Waals surface area contributed by atoms with Crippen molar-refractivity contribution in [3.8, 4) is 5.75 Å². The number of carbonyl (C=O) groups excluding carboxylic acids is 9. The zero-order valence-electron chi connectivity index (χ0n) is 46.6. The van der Waals surface area contributed by atoms with E-state index in [1.165, 1.54) is 43.0 Å². The Balaban J connectivity index is 1.95. The van der Waals surface area contributed by atoms with Crippen molar-refractivity contribution in [2.24, 2.45) is 22.2 Å². The number of phenolic OH excluding ortho intramolecular Hbond substituents is 1. The lowest BCUT2D eigenvalue weighted by atomic mass is 10.0. The zero-order chi connectivity index (χ0) is 62.5. The van der Waals surface area contributed by atoms with Crippen molar-refractivity contribution in [1.82, 2.24) is 47.9 Å². The molecule has 0 aromatic heterocycles. The van der Waals surface area contributed by atoms with Gasteiger partial charge in [0.25, 0.3) is 0 Å². The second-order valence-corrected chi connectivity index (χ2v) is 20.3. The molecule has 3 aromatic carbocycles. The normalized spacial score (nSPS) is 14.9. The number of nitrogens with zero attached hydrogens (tertiary/aromatic N) is 1. The Labute approximate surface area is 488 Å². The number of hydrogen-bond acceptors (Lipinski definition) is 18. The summed E-state index contributed by atoms with van der Waals surface area (Å²) < 4.78 is 0. The Morgan fingerprint density at radius 3 is 1.30 bits per heavy atom. The second kappa shape index (κ2) is 36.2. The Morgan fingerprint density at radius 2 is 0.869 bits per heavy atom. The molecular weight excluding hydrogens is 1120 g/mol. The van der Waals surface area contributed by atoms with Crippen molar-refractivity contribution < 1.29 is 78.6 Å². The summed E-state index contributed by atoms with van der Waals surface area (Å²) in [5.41, 5.74) is 18.0. The maximum atomic E-state index is 14.4. The molecule has 21 N–H and O–H groups in total. The van der Waals surface area contributed by atoms with E-state index < -0.39 is 145 Å². The van der Waals surface area contributed by atoms with E-state index in [0.717, 1.165) is 6.92 Å². The zero-order valence-corrected chi connectivity index (χ0v) is 47.4. The van der Waals surface area contributed by atoms with Crippen LogP contribution in [0.3, 0.4) is 0 Å². The quantitative estimate of drug-likeness (QED) is 0.0147. The van der Waals surface area contributed by atoms with Crippen molar-refractivity contribution in [3.63, 3.8) is 0 Å². The SMILES string of the molecule is CSCC[C@H](NC(=O)[C@@H](NC(=O)[C@H](Cc1ccc(O)cc1)NC(=O)[C@H](CCCN=C(N)N)NC(=O)[C@H](CO)NC(=O)[C@H](Cc1ccccc1)NC(=O)[C@@H](NC(=O)[C@H](Cc1ccccc1)NC(=O)CN)[C@@H](C)O)[C@@H](C)O)C(=O)N[C@@H](CO)C(=O)O. The lowest BCUT2D eigenvalue weighted by Gasteiger charge is -2.29. The third-order valence-electron chi connectivity index (χ3n) is 12.6. The highest BCUT2D eigenvalue weighted by Crippen LogP contribution is 2.14. The first-order chi connectivity index (χ1) is 39.9. The fraction of sp³-hybridized carbons (Fsp3) is 0.463. The maximum absolute atomic E-state index is 14.4. The maximum Gasteiger partial charge on any atom is 0.328 e. The molecule has 0 fully saturated rings. The predicted octanol–water partition coefficient (Wildman–Crippen LogP) is -5.62. The monoisotopic (exact) mass is 1200 g/mol. The van der Waals surface area contributed by atoms with Crippen molar-refractivity contribution in [3.05, 3.63) is 102 Å². The third kappa shape index (κ3) is 24.2. The summed E-state index contributed by atoms with van der Waals surface area (Å²) in [6.45, 7) is -0.277. The predicted molar refractivity (Wildman–Crippen MR) is 307 cm³/mol. The summed E-state index contributed by atoms with van der Waals surface area (Å²) in [5, 5.41) is 82.7. The summed E-state index contributed by atoms with van der Waals surface area (Å²) in [6, 6.07) is 7.56. The van der Waals surface area contributed by atoms with Crippen LogP contribution in [0.15, 0.2) is 89.9 Å². The summed E-state index contributed by atoms with van der Waals surface area (Å²) >= 11 is 1.28. The molecule has 0 unspecified atom stereocenters. The molecule has 0 aliphatic heterocycles. The van der Waals surface area contributed by atoms with Gasteiger partial charge in [-0.05, 0) is 73.9 Å². The van der Waals surface area contributed by atoms with Crippen molar-refractivity contribution in [1.29, 1.82) is 0 Å². The molecule has 3 rings (SSSR count). The van der Waals surface area contributed by atoms with Crippen LogP contribution in [0.25, 0.3) is 0 Å². The summed E-state index contributed by atoms with van der Waals surface area (Å²) in [7, 11) is 0. The fourth-order valence-corrected chi connectivity index (χ4v) is 8.51. The van der Waals surface area contributed by atoms with Gasteiger partial charge in [0.15, 0.2) is 5.96 Å². The molecule has 11 atom stereocenters. The number of aliphatic carboxylic acids is 1. The molecule has 0 saturated heterocycles. The van der Waals surface area contributed by atoms with Gasteiger partial charge in [-0.2, -0.15) is 11.8 Å². The van der Waals surface area contributed by atoms with Crippen molar-refractivity contribution >= 4 is 76.9 Å². The smallest absolute Gasteiger partial charge is 0.328 e. The molecule has 30 heteroatoms. The van der Waals surface area contributed by atoms with Gasteiger partial charge >= 0.3 is 5.97 Å². The molecule has 0 heterocycles. The van der Waals surface area contributed by atoms with Crippen LogP contribution in [-0.2, 0) is 67.2 Å². The van der Waals surface area contributed by atoms with E-state index in [1.807, 2.05) is 0 Å². The van der Waals surface area contributed by atoms with E-state index in [9.17, 15) is 78.6 Å². The van der Waals surface area contributed by atoms with Crippen LogP contribution < -0.4 is 65.1 Å². The van der Waals surface area contributed by atoms with Gasteiger partial charge in [-0.3, -0.25) is 48.1 Å². The average molecular weight is 1200 g/mol. The first-order valence-electron chi connectivity index (χ1n) is 26.5. The Bertz CT molecular complexity index is 2690. The number of nitrogens with one attached hydrogen (secondary N) is 9. The summed E-state index contributed by atoms with van der Waals surface area (Å²) in [6.07, 6.45) is -2.49. The van der Waals surface area contributed by atoms with Gasteiger partial charge in [0.2, 0.25) is 53.2 Å². The summed E-state index contributed by atoms with van der Waals surface area (Å²) in [5.74, 6) is -10.8. The van der Waals surface area contributed by atoms with Crippen LogP contribution in [-0.4, -0.2) is 201 Å². The largest absolute Gasteiger partial charge is 0.508 e. The molecule has 0 aliphatic carbocycles. The van der Waals surface area contributed by atoms with Gasteiger partial charge in [0.05, 0.1) is 32.0 Å². The van der Waals surface area contributed by atoms with Crippen molar-refractivity contribution in [2.45, 2.75) is 119 Å². The molecule has 0 saturated carbocycles. The van der Waals surface area contributed by atoms with Gasteiger partial charge in [0, 0.05) is 25.8 Å². The number of benzene rings is 3. The highest BCUT2D eigenvalue weighted by molar-refractivity contribution is 7.98. The molecule has 460 valence electrons. The van der Waals surface area contributed by atoms with E-state index >= 15 is 0 Å². The van der Waals surface area contributed by atoms with Crippen LogP contribution in [0.1, 0.15) is 49.8 Å². The molecule has 84 heavy (non-hydrogen) atoms. The number of carbonyl (C=O) groups is 10. The minimum atomic E-state index is -1.85. The molecule has 3 aromatic rings. The van der Waals surface area contributed by atoms with Crippen LogP contribution in [0.2, 0.25) is 0 Å². The summed E-state index contributed by atoms with van der Waals surface area (Å²) in [4.78, 5) is 140. The number of carboxylic acid groups (broad SMARTS) is 1. The minimum Gasteiger partial charge on any atom is -0.508 e. The molecule has 9 amide bonds. The Morgan fingerprint density at radius 1 is 0.500 bits per heavy atom. The van der Waals surface area contributed by atoms with Gasteiger partial charge in [0.1, 0.15) is 60.1 Å². The standard InChI is InChI=1S/C54H77N13O16S/c1-29(70)43(51(80)61-36(20-22-84-3)46(75)65-41(28-69)53(82)83)67-49(78)39(25-33-16-18-34(72)19-17-33)62-45(74)35(15-10-21-58-54(56)57)60-50(79)40(27-68)64-47(76)38(24-32-13-8-5-9-14-32)63-52(81)44(30(2)71)66-48(77)37(59-42(73)26-55)23-31-11-6-4-7-12-31/h4-9,11-14,16-19,29-30,35-41,43-44,68-72H,10,15,20-28,55H2,1-3H3,(H,59,73)(H,60,79)(H,61,80)(H,62,74)(H,63,81)(H,64,76)(H,65,75)(H,66,77)(H,67,78)(H,82,83)(H4,56,57,58)/t29-,30-,35+,36+,37+,38+,39+,40+,41+,43+,44+/m1/s1. The lowest BCUT2D eigenvalue weighted by Crippen LogP contribution is -2.62. The fourth-order valence-electron chi connectivity index (χ4n) is 8.04. The number of guanidine groups is 1. The number of aliphatic imine (C=N–C) groups is 1. The number of aliphatic hydroxyl groups excluding tert-OH is 4. The molecule has 29 nitrogen and oxygen atoms in total. The van der Waals surface area contributed by atoms with E-state index in [0.29, 0.717) is 16.7 Å². The second-order valence-electron chi connectivity index (χ2n) is 19.3. The number of aromatic hydroxyl groups is 1. The number of amides is 9. The van der Waals surface area contributed by atoms with Gasteiger partial charge < -0.3 is 95.7 Å². The van der Waals surface area contributed by atoms with Crippen molar-refractivity contribution in [2.75, 3.05) is 38.3 Å². The third-order valence-corrected chi connectivity index (χ3v) is 13.2.